The van der Waals surface area contributed by atoms with E-state index in [1.807, 2.05) is 6.20 Å². The number of nitriles is 1. The first-order valence-electron chi connectivity index (χ1n) is 13.6. The number of carbonyl (C=O) groups is 1. The summed E-state index contributed by atoms with van der Waals surface area (Å²) in [4.78, 5) is 27.0. The SMILES string of the molecule is C=Cc1cc2c(-c3cc(C#N)c(N4CCN(C(=O)C5CC5)[C@H](CCC)C4)nc3C3CC3)cccc2cn1. The second-order valence-electron chi connectivity index (χ2n) is 10.7. The van der Waals surface area contributed by atoms with Crippen LogP contribution in [0.2, 0.25) is 0 Å². The van der Waals surface area contributed by atoms with Crippen molar-refractivity contribution in [1.29, 1.82) is 5.26 Å². The maximum Gasteiger partial charge on any atom is 0.226 e. The molecule has 1 amide bonds. The van der Waals surface area contributed by atoms with E-state index in [-0.39, 0.29) is 12.0 Å². The van der Waals surface area contributed by atoms with Crippen LogP contribution >= 0.6 is 0 Å². The van der Waals surface area contributed by atoms with Gasteiger partial charge in [-0.25, -0.2) is 4.98 Å². The van der Waals surface area contributed by atoms with Gasteiger partial charge >= 0.3 is 0 Å². The quantitative estimate of drug-likeness (QED) is 0.410. The van der Waals surface area contributed by atoms with Crippen LogP contribution in [0.1, 0.15) is 68.3 Å². The molecule has 6 heteroatoms. The average Bonchev–Trinajstić information content (AvgIpc) is 3.85. The van der Waals surface area contributed by atoms with Crippen LogP contribution in [0.25, 0.3) is 28.0 Å². The van der Waals surface area contributed by atoms with Gasteiger partial charge in [0, 0.05) is 54.7 Å². The van der Waals surface area contributed by atoms with Gasteiger partial charge in [0.25, 0.3) is 0 Å². The van der Waals surface area contributed by atoms with Gasteiger partial charge in [0.1, 0.15) is 11.9 Å². The number of fused-ring (bicyclic) bond motifs is 1. The Morgan fingerprint density at radius 1 is 1.19 bits per heavy atom. The number of benzene rings is 1. The number of carbonyl (C=O) groups excluding carboxylic acids is 1. The van der Waals surface area contributed by atoms with E-state index in [1.165, 1.54) is 0 Å². The standard InChI is InChI=1S/C31H33N5O/c1-3-6-25-19-35(13-14-36(25)31(37)21-11-12-21)30-23(17-32)15-28(29(34-30)20-9-10-20)26-8-5-7-22-18-33-24(4-2)16-27(22)26/h4-5,7-8,15-16,18,20-21,25H,2-3,6,9-14,19H2,1H3/t25-/m1/s1. The van der Waals surface area contributed by atoms with E-state index in [1.54, 1.807) is 6.08 Å². The molecule has 0 unspecified atom stereocenters. The van der Waals surface area contributed by atoms with Crippen LogP contribution in [0, 0.1) is 17.2 Å². The number of aromatic nitrogens is 2. The average molecular weight is 492 g/mol. The number of hydrogen-bond acceptors (Lipinski definition) is 5. The largest absolute Gasteiger partial charge is 0.352 e. The van der Waals surface area contributed by atoms with Gasteiger partial charge in [-0.3, -0.25) is 9.78 Å². The molecule has 6 nitrogen and oxygen atoms in total. The van der Waals surface area contributed by atoms with Crippen molar-refractivity contribution in [1.82, 2.24) is 14.9 Å². The smallest absolute Gasteiger partial charge is 0.226 e. The van der Waals surface area contributed by atoms with Gasteiger partial charge in [0.15, 0.2) is 0 Å². The Kier molecular flexibility index (Phi) is 6.16. The van der Waals surface area contributed by atoms with Crippen LogP contribution < -0.4 is 4.90 Å². The van der Waals surface area contributed by atoms with Crippen LogP contribution in [-0.2, 0) is 4.79 Å². The Bertz CT molecular complexity index is 1420. The lowest BCUT2D eigenvalue weighted by molar-refractivity contribution is -0.135. The zero-order valence-corrected chi connectivity index (χ0v) is 21.5. The van der Waals surface area contributed by atoms with E-state index in [4.69, 9.17) is 4.98 Å². The molecule has 2 aliphatic carbocycles. The molecule has 37 heavy (non-hydrogen) atoms. The van der Waals surface area contributed by atoms with E-state index in [9.17, 15) is 10.1 Å². The maximum absolute atomic E-state index is 12.9. The van der Waals surface area contributed by atoms with Gasteiger partial charge in [-0.05, 0) is 61.3 Å². The molecule has 6 rings (SSSR count). The molecule has 1 aromatic carbocycles. The lowest BCUT2D eigenvalue weighted by Crippen LogP contribution is -2.56. The molecule has 1 atom stereocenters. The molecule has 1 aliphatic heterocycles. The minimum atomic E-state index is 0.173. The van der Waals surface area contributed by atoms with Gasteiger partial charge in [0.2, 0.25) is 5.91 Å². The predicted molar refractivity (Wildman–Crippen MR) is 147 cm³/mol. The van der Waals surface area contributed by atoms with Gasteiger partial charge in [-0.1, -0.05) is 38.1 Å². The molecular formula is C31H33N5O. The molecule has 0 N–H and O–H groups in total. The van der Waals surface area contributed by atoms with E-state index < -0.39 is 0 Å². The molecule has 2 saturated carbocycles. The number of hydrogen-bond donors (Lipinski definition) is 0. The van der Waals surface area contributed by atoms with Crippen LogP contribution in [-0.4, -0.2) is 46.5 Å². The highest BCUT2D eigenvalue weighted by Crippen LogP contribution is 2.46. The van der Waals surface area contributed by atoms with Gasteiger partial charge < -0.3 is 9.80 Å². The Balaban J connectivity index is 1.41. The summed E-state index contributed by atoms with van der Waals surface area (Å²) in [6.45, 7) is 8.22. The van der Waals surface area contributed by atoms with Crippen molar-refractivity contribution in [2.24, 2.45) is 5.92 Å². The summed E-state index contributed by atoms with van der Waals surface area (Å²) in [5.74, 6) is 1.75. The summed E-state index contributed by atoms with van der Waals surface area (Å²) in [6, 6.07) is 13.0. The zero-order chi connectivity index (χ0) is 25.5. The van der Waals surface area contributed by atoms with E-state index in [0.29, 0.717) is 30.5 Å². The fourth-order valence-electron chi connectivity index (χ4n) is 5.74. The van der Waals surface area contributed by atoms with Gasteiger partial charge in [-0.15, -0.1) is 0 Å². The predicted octanol–water partition coefficient (Wildman–Crippen LogP) is 5.92. The molecule has 3 fully saturated rings. The third-order valence-electron chi connectivity index (χ3n) is 8.01. The van der Waals surface area contributed by atoms with Gasteiger partial charge in [0.05, 0.1) is 17.0 Å². The molecule has 3 heterocycles. The first-order chi connectivity index (χ1) is 18.1. The molecule has 2 aromatic heterocycles. The highest BCUT2D eigenvalue weighted by Gasteiger charge is 2.39. The second kappa shape index (κ2) is 9.63. The first kappa shape index (κ1) is 23.7. The summed E-state index contributed by atoms with van der Waals surface area (Å²) in [5.41, 5.74) is 4.65. The highest BCUT2D eigenvalue weighted by molar-refractivity contribution is 5.98. The molecule has 0 bridgehead atoms. The van der Waals surface area contributed by atoms with Crippen molar-refractivity contribution < 1.29 is 4.79 Å². The number of nitrogens with zero attached hydrogens (tertiary/aromatic N) is 5. The van der Waals surface area contributed by atoms with Crippen molar-refractivity contribution in [2.45, 2.75) is 57.4 Å². The van der Waals surface area contributed by atoms with Crippen LogP contribution in [0.5, 0.6) is 0 Å². The molecule has 188 valence electrons. The number of piperazine rings is 1. The Labute approximate surface area is 218 Å². The molecule has 1 saturated heterocycles. The maximum atomic E-state index is 12.9. The number of pyridine rings is 2. The normalized spacial score (nSPS) is 19.6. The van der Waals surface area contributed by atoms with Crippen LogP contribution in [0.15, 0.2) is 43.1 Å². The third-order valence-corrected chi connectivity index (χ3v) is 8.01. The number of rotatable bonds is 7. The van der Waals surface area contributed by atoms with E-state index >= 15 is 0 Å². The minimum Gasteiger partial charge on any atom is -0.352 e. The van der Waals surface area contributed by atoms with Crippen molar-refractivity contribution in [3.63, 3.8) is 0 Å². The second-order valence-corrected chi connectivity index (χ2v) is 10.7. The lowest BCUT2D eigenvalue weighted by atomic mass is 9.94. The van der Waals surface area contributed by atoms with Crippen LogP contribution in [0.4, 0.5) is 5.82 Å². The third kappa shape index (κ3) is 4.48. The minimum absolute atomic E-state index is 0.173. The molecule has 0 spiro atoms. The monoisotopic (exact) mass is 491 g/mol. The lowest BCUT2D eigenvalue weighted by Gasteiger charge is -2.42. The summed E-state index contributed by atoms with van der Waals surface area (Å²) in [5, 5.41) is 12.4. The summed E-state index contributed by atoms with van der Waals surface area (Å²) in [7, 11) is 0. The molecule has 3 aliphatic rings. The van der Waals surface area contributed by atoms with Crippen molar-refractivity contribution in [3.05, 3.63) is 60.1 Å². The summed E-state index contributed by atoms with van der Waals surface area (Å²) < 4.78 is 0. The summed E-state index contributed by atoms with van der Waals surface area (Å²) >= 11 is 0. The number of amides is 1. The zero-order valence-electron chi connectivity index (χ0n) is 21.5. The van der Waals surface area contributed by atoms with Crippen LogP contribution in [0.3, 0.4) is 0 Å². The number of anilines is 1. The van der Waals surface area contributed by atoms with Crippen molar-refractivity contribution in [3.8, 4) is 17.2 Å². The summed E-state index contributed by atoms with van der Waals surface area (Å²) in [6.07, 6.45) is 9.96. The Morgan fingerprint density at radius 3 is 2.73 bits per heavy atom. The molecular weight excluding hydrogens is 458 g/mol. The van der Waals surface area contributed by atoms with Gasteiger partial charge in [-0.2, -0.15) is 5.26 Å². The van der Waals surface area contributed by atoms with Crippen molar-refractivity contribution >= 4 is 28.6 Å². The van der Waals surface area contributed by atoms with E-state index in [0.717, 1.165) is 84.2 Å². The Hall–Kier alpha value is -3.72. The molecule has 3 aromatic rings. The fourth-order valence-corrected chi connectivity index (χ4v) is 5.74. The van der Waals surface area contributed by atoms with Crippen molar-refractivity contribution in [2.75, 3.05) is 24.5 Å². The first-order valence-corrected chi connectivity index (χ1v) is 13.6. The van der Waals surface area contributed by atoms with E-state index in [2.05, 4.69) is 64.7 Å². The topological polar surface area (TPSA) is 73.1 Å². The fraction of sp³-hybridized carbons (Fsp3) is 0.419. The Morgan fingerprint density at radius 2 is 2.03 bits per heavy atom. The highest BCUT2D eigenvalue weighted by atomic mass is 16.2. The molecule has 0 radical (unpaired) electrons.